The van der Waals surface area contributed by atoms with Gasteiger partial charge < -0.3 is 10.1 Å². The van der Waals surface area contributed by atoms with Crippen molar-refractivity contribution in [2.24, 2.45) is 0 Å². The number of nitrogens with zero attached hydrogens (tertiary/aromatic N) is 3. The number of rotatable bonds is 4. The van der Waals surface area contributed by atoms with Gasteiger partial charge in [0.05, 0.1) is 30.6 Å². The SMILES string of the molecule is O=C(NCc1csc(-c2cnccn2)n1)c1cccc2c1OCC2. The monoisotopic (exact) mass is 338 g/mol. The molecule has 4 rings (SSSR count). The first kappa shape index (κ1) is 14.8. The van der Waals surface area contributed by atoms with E-state index in [-0.39, 0.29) is 5.91 Å². The molecular weight excluding hydrogens is 324 g/mol. The molecule has 0 atom stereocenters. The van der Waals surface area contributed by atoms with Crippen LogP contribution in [-0.4, -0.2) is 27.5 Å². The first-order chi connectivity index (χ1) is 11.8. The van der Waals surface area contributed by atoms with Gasteiger partial charge in [0.1, 0.15) is 16.5 Å². The predicted molar refractivity (Wildman–Crippen MR) is 90.0 cm³/mol. The summed E-state index contributed by atoms with van der Waals surface area (Å²) in [5.74, 6) is 0.552. The Morgan fingerprint density at radius 3 is 3.17 bits per heavy atom. The van der Waals surface area contributed by atoms with Crippen LogP contribution in [0.5, 0.6) is 5.75 Å². The van der Waals surface area contributed by atoms with Crippen molar-refractivity contribution < 1.29 is 9.53 Å². The van der Waals surface area contributed by atoms with Gasteiger partial charge in [0, 0.05) is 24.2 Å². The summed E-state index contributed by atoms with van der Waals surface area (Å²) in [6.45, 7) is 0.993. The quantitative estimate of drug-likeness (QED) is 0.791. The molecule has 1 aromatic carbocycles. The Morgan fingerprint density at radius 2 is 2.29 bits per heavy atom. The molecule has 7 heteroatoms. The predicted octanol–water partition coefficient (Wildman–Crippen LogP) is 2.47. The van der Waals surface area contributed by atoms with Gasteiger partial charge in [-0.05, 0) is 11.6 Å². The number of para-hydroxylation sites is 1. The molecule has 1 aliphatic rings. The molecule has 0 spiro atoms. The molecule has 120 valence electrons. The van der Waals surface area contributed by atoms with Crippen molar-refractivity contribution in [2.45, 2.75) is 13.0 Å². The number of aromatic nitrogens is 3. The summed E-state index contributed by atoms with van der Waals surface area (Å²) in [5, 5.41) is 5.60. The zero-order valence-electron chi connectivity index (χ0n) is 12.7. The zero-order chi connectivity index (χ0) is 16.4. The van der Waals surface area contributed by atoms with Crippen molar-refractivity contribution >= 4 is 17.2 Å². The second kappa shape index (κ2) is 6.37. The van der Waals surface area contributed by atoms with E-state index in [0.717, 1.165) is 28.4 Å². The van der Waals surface area contributed by atoms with Crippen LogP contribution in [0.4, 0.5) is 0 Å². The third kappa shape index (κ3) is 2.85. The van der Waals surface area contributed by atoms with Crippen molar-refractivity contribution in [2.75, 3.05) is 6.61 Å². The van der Waals surface area contributed by atoms with Gasteiger partial charge in [-0.15, -0.1) is 11.3 Å². The molecule has 1 aliphatic heterocycles. The fraction of sp³-hybridized carbons (Fsp3) is 0.176. The average Bonchev–Trinajstić information content (AvgIpc) is 3.29. The minimum atomic E-state index is -0.150. The third-order valence-electron chi connectivity index (χ3n) is 3.72. The molecule has 6 nitrogen and oxygen atoms in total. The van der Waals surface area contributed by atoms with E-state index < -0.39 is 0 Å². The van der Waals surface area contributed by atoms with Crippen molar-refractivity contribution in [3.05, 3.63) is 59.0 Å². The highest BCUT2D eigenvalue weighted by atomic mass is 32.1. The second-order valence-electron chi connectivity index (χ2n) is 5.31. The molecule has 0 fully saturated rings. The Kier molecular flexibility index (Phi) is 3.92. The third-order valence-corrected chi connectivity index (χ3v) is 4.64. The number of ether oxygens (including phenoxy) is 1. The standard InChI is InChI=1S/C17H14N4O2S/c22-16(13-3-1-2-11-4-7-23-15(11)13)20-8-12-10-24-17(21-12)14-9-18-5-6-19-14/h1-3,5-6,9-10H,4,7-8H2,(H,20,22). The Bertz CT molecular complexity index is 879. The normalized spacial score (nSPS) is 12.5. The lowest BCUT2D eigenvalue weighted by atomic mass is 10.1. The number of hydrogen-bond donors (Lipinski definition) is 1. The minimum Gasteiger partial charge on any atom is -0.492 e. The molecule has 3 aromatic rings. The Balaban J connectivity index is 1.45. The van der Waals surface area contributed by atoms with Gasteiger partial charge in [-0.3, -0.25) is 14.8 Å². The highest BCUT2D eigenvalue weighted by Gasteiger charge is 2.20. The van der Waals surface area contributed by atoms with Crippen LogP contribution in [0.1, 0.15) is 21.6 Å². The number of benzene rings is 1. The Labute approximate surface area is 142 Å². The van der Waals surface area contributed by atoms with Gasteiger partial charge >= 0.3 is 0 Å². The minimum absolute atomic E-state index is 0.150. The lowest BCUT2D eigenvalue weighted by molar-refractivity contribution is 0.0947. The van der Waals surface area contributed by atoms with Gasteiger partial charge in [-0.25, -0.2) is 4.98 Å². The van der Waals surface area contributed by atoms with E-state index >= 15 is 0 Å². The molecule has 0 bridgehead atoms. The summed E-state index contributed by atoms with van der Waals surface area (Å²) in [5.41, 5.74) is 3.19. The van der Waals surface area contributed by atoms with Crippen LogP contribution in [0.2, 0.25) is 0 Å². The van der Waals surface area contributed by atoms with E-state index in [0.29, 0.717) is 24.5 Å². The topological polar surface area (TPSA) is 77.0 Å². The van der Waals surface area contributed by atoms with Crippen molar-refractivity contribution in [3.8, 4) is 16.5 Å². The lowest BCUT2D eigenvalue weighted by Crippen LogP contribution is -2.23. The van der Waals surface area contributed by atoms with E-state index in [1.165, 1.54) is 11.3 Å². The maximum absolute atomic E-state index is 12.4. The highest BCUT2D eigenvalue weighted by Crippen LogP contribution is 2.29. The lowest BCUT2D eigenvalue weighted by Gasteiger charge is -2.08. The van der Waals surface area contributed by atoms with Crippen LogP contribution >= 0.6 is 11.3 Å². The summed E-state index contributed by atoms with van der Waals surface area (Å²) in [6.07, 6.45) is 5.78. The van der Waals surface area contributed by atoms with E-state index in [9.17, 15) is 4.79 Å². The van der Waals surface area contributed by atoms with Gasteiger partial charge in [0.2, 0.25) is 0 Å². The van der Waals surface area contributed by atoms with Gasteiger partial charge in [-0.2, -0.15) is 0 Å². The molecule has 24 heavy (non-hydrogen) atoms. The van der Waals surface area contributed by atoms with Crippen LogP contribution in [0, 0.1) is 0 Å². The maximum atomic E-state index is 12.4. The largest absolute Gasteiger partial charge is 0.492 e. The fourth-order valence-electron chi connectivity index (χ4n) is 2.58. The smallest absolute Gasteiger partial charge is 0.255 e. The summed E-state index contributed by atoms with van der Waals surface area (Å²) in [6, 6.07) is 5.66. The van der Waals surface area contributed by atoms with Crippen molar-refractivity contribution in [3.63, 3.8) is 0 Å². The number of carbonyl (C=O) groups excluding carboxylic acids is 1. The molecule has 0 radical (unpaired) electrons. The van der Waals surface area contributed by atoms with Crippen LogP contribution in [0.25, 0.3) is 10.7 Å². The molecule has 1 N–H and O–H groups in total. The van der Waals surface area contributed by atoms with E-state index in [4.69, 9.17) is 4.74 Å². The number of hydrogen-bond acceptors (Lipinski definition) is 6. The van der Waals surface area contributed by atoms with Crippen LogP contribution in [-0.2, 0) is 13.0 Å². The fourth-order valence-corrected chi connectivity index (χ4v) is 3.36. The molecule has 3 heterocycles. The van der Waals surface area contributed by atoms with Crippen molar-refractivity contribution in [1.82, 2.24) is 20.3 Å². The molecule has 1 amide bonds. The second-order valence-corrected chi connectivity index (χ2v) is 6.17. The maximum Gasteiger partial charge on any atom is 0.255 e. The van der Waals surface area contributed by atoms with Gasteiger partial charge in [0.25, 0.3) is 5.91 Å². The average molecular weight is 338 g/mol. The molecule has 2 aromatic heterocycles. The molecule has 0 unspecified atom stereocenters. The number of fused-ring (bicyclic) bond motifs is 1. The Hall–Kier alpha value is -2.80. The van der Waals surface area contributed by atoms with Gasteiger partial charge in [-0.1, -0.05) is 12.1 Å². The number of thiazole rings is 1. The Morgan fingerprint density at radius 1 is 1.33 bits per heavy atom. The van der Waals surface area contributed by atoms with E-state index in [1.54, 1.807) is 24.7 Å². The van der Waals surface area contributed by atoms with Crippen molar-refractivity contribution in [1.29, 1.82) is 0 Å². The zero-order valence-corrected chi connectivity index (χ0v) is 13.5. The first-order valence-corrected chi connectivity index (χ1v) is 8.43. The molecule has 0 saturated carbocycles. The first-order valence-electron chi connectivity index (χ1n) is 7.55. The number of nitrogens with one attached hydrogen (secondary N) is 1. The summed E-state index contributed by atoms with van der Waals surface area (Å²) >= 11 is 1.48. The summed E-state index contributed by atoms with van der Waals surface area (Å²) in [4.78, 5) is 25.2. The van der Waals surface area contributed by atoms with E-state index in [2.05, 4.69) is 20.3 Å². The molecular formula is C17H14N4O2S. The summed E-state index contributed by atoms with van der Waals surface area (Å²) in [7, 11) is 0. The van der Waals surface area contributed by atoms with Crippen LogP contribution in [0.3, 0.4) is 0 Å². The summed E-state index contributed by atoms with van der Waals surface area (Å²) < 4.78 is 5.58. The number of carbonyl (C=O) groups is 1. The van der Waals surface area contributed by atoms with Crippen LogP contribution < -0.4 is 10.1 Å². The molecule has 0 saturated heterocycles. The van der Waals surface area contributed by atoms with Crippen LogP contribution in [0.15, 0.2) is 42.2 Å². The number of amides is 1. The molecule has 0 aliphatic carbocycles. The highest BCUT2D eigenvalue weighted by molar-refractivity contribution is 7.13. The van der Waals surface area contributed by atoms with Gasteiger partial charge in [0.15, 0.2) is 0 Å². The van der Waals surface area contributed by atoms with E-state index in [1.807, 2.05) is 17.5 Å².